The second kappa shape index (κ2) is 10.6. The fourth-order valence-electron chi connectivity index (χ4n) is 3.62. The zero-order valence-corrected chi connectivity index (χ0v) is 18.8. The number of benzene rings is 2. The Balaban J connectivity index is 1.34. The molecule has 2 heterocycles. The molecule has 1 aliphatic rings. The molecule has 3 aromatic rings. The highest BCUT2D eigenvalue weighted by Gasteiger charge is 2.23. The monoisotopic (exact) mass is 460 g/mol. The van der Waals surface area contributed by atoms with Crippen molar-refractivity contribution in [3.8, 4) is 0 Å². The van der Waals surface area contributed by atoms with Crippen molar-refractivity contribution in [1.82, 2.24) is 10.2 Å². The number of hydrogen-bond donors (Lipinski definition) is 2. The van der Waals surface area contributed by atoms with Crippen molar-refractivity contribution < 1.29 is 14.0 Å². The minimum atomic E-state index is -0.352. The third-order valence-corrected chi connectivity index (χ3v) is 5.46. The smallest absolute Gasteiger partial charge is 0.253 e. The van der Waals surface area contributed by atoms with Crippen LogP contribution in [0.5, 0.6) is 0 Å². The maximum atomic E-state index is 12.7. The molecule has 0 saturated carbocycles. The zero-order valence-electron chi connectivity index (χ0n) is 17.9. The van der Waals surface area contributed by atoms with Gasteiger partial charge in [-0.2, -0.15) is 0 Å². The average Bonchev–Trinajstić information content (AvgIpc) is 3.37. The molecule has 8 heteroatoms. The summed E-state index contributed by atoms with van der Waals surface area (Å²) in [6.07, 6.45) is 4.47. The summed E-state index contributed by atoms with van der Waals surface area (Å²) < 4.78 is 5.17. The fourth-order valence-corrected chi connectivity index (χ4v) is 3.83. The number of amides is 2. The van der Waals surface area contributed by atoms with Gasteiger partial charge in [0.05, 0.1) is 17.6 Å². The minimum absolute atomic E-state index is 0.0492. The van der Waals surface area contributed by atoms with E-state index in [1.807, 2.05) is 59.5 Å². The van der Waals surface area contributed by atoms with E-state index < -0.39 is 0 Å². The summed E-state index contributed by atoms with van der Waals surface area (Å²) in [7, 11) is 0. The Morgan fingerprint density at radius 2 is 1.64 bits per heavy atom. The van der Waals surface area contributed by atoms with Gasteiger partial charge in [-0.05, 0) is 54.7 Å². The summed E-state index contributed by atoms with van der Waals surface area (Å²) in [5, 5.41) is 5.96. The molecule has 0 unspecified atom stereocenters. The van der Waals surface area contributed by atoms with Gasteiger partial charge in [-0.25, -0.2) is 0 Å². The molecule has 168 valence electrons. The van der Waals surface area contributed by atoms with Crippen molar-refractivity contribution in [2.45, 2.75) is 0 Å². The first-order valence-electron chi connectivity index (χ1n) is 10.6. The van der Waals surface area contributed by atoms with Crippen molar-refractivity contribution in [2.24, 2.45) is 0 Å². The van der Waals surface area contributed by atoms with Crippen LogP contribution in [0.4, 0.5) is 11.4 Å². The van der Waals surface area contributed by atoms with Gasteiger partial charge in [0, 0.05) is 37.8 Å². The van der Waals surface area contributed by atoms with Crippen molar-refractivity contribution in [1.29, 1.82) is 0 Å². The highest BCUT2D eigenvalue weighted by Crippen LogP contribution is 2.27. The molecule has 1 saturated heterocycles. The van der Waals surface area contributed by atoms with E-state index in [2.05, 4.69) is 15.5 Å². The Bertz CT molecular complexity index is 1140. The summed E-state index contributed by atoms with van der Waals surface area (Å²) >= 11 is 5.32. The summed E-state index contributed by atoms with van der Waals surface area (Å²) in [6, 6.07) is 20.6. The lowest BCUT2D eigenvalue weighted by Gasteiger charge is -2.37. The standard InChI is InChI=1S/C25H24N4O3S/c30-23(13-12-20-9-6-18-32-20)27-25(33)26-21-10-4-5-11-22(21)28-14-16-29(17-15-28)24(31)19-7-2-1-3-8-19/h1-13,18H,14-17H2,(H2,26,27,30,33)/b13-12+. The number of furan rings is 1. The third kappa shape index (κ3) is 5.87. The van der Waals surface area contributed by atoms with Gasteiger partial charge >= 0.3 is 0 Å². The van der Waals surface area contributed by atoms with Gasteiger partial charge in [-0.1, -0.05) is 30.3 Å². The number of carbonyl (C=O) groups excluding carboxylic acids is 2. The maximum Gasteiger partial charge on any atom is 0.253 e. The maximum absolute atomic E-state index is 12.7. The lowest BCUT2D eigenvalue weighted by Crippen LogP contribution is -2.49. The lowest BCUT2D eigenvalue weighted by atomic mass is 10.1. The highest BCUT2D eigenvalue weighted by atomic mass is 32.1. The average molecular weight is 461 g/mol. The first-order valence-corrected chi connectivity index (χ1v) is 11.0. The predicted molar refractivity (Wildman–Crippen MR) is 133 cm³/mol. The zero-order chi connectivity index (χ0) is 23.0. The minimum Gasteiger partial charge on any atom is -0.465 e. The van der Waals surface area contributed by atoms with Crippen LogP contribution in [0.2, 0.25) is 0 Å². The molecule has 0 bridgehead atoms. The van der Waals surface area contributed by atoms with E-state index in [0.717, 1.165) is 11.4 Å². The van der Waals surface area contributed by atoms with E-state index >= 15 is 0 Å². The number of rotatable bonds is 5. The second-order valence-corrected chi connectivity index (χ2v) is 7.86. The molecular weight excluding hydrogens is 436 g/mol. The van der Waals surface area contributed by atoms with Crippen LogP contribution in [0.3, 0.4) is 0 Å². The lowest BCUT2D eigenvalue weighted by molar-refractivity contribution is -0.115. The largest absolute Gasteiger partial charge is 0.465 e. The molecule has 1 aliphatic heterocycles. The van der Waals surface area contributed by atoms with Crippen LogP contribution in [0.25, 0.3) is 6.08 Å². The number of nitrogens with one attached hydrogen (secondary N) is 2. The van der Waals surface area contributed by atoms with Crippen LogP contribution in [0, 0.1) is 0 Å². The summed E-state index contributed by atoms with van der Waals surface area (Å²) in [5.41, 5.74) is 2.46. The summed E-state index contributed by atoms with van der Waals surface area (Å²) in [6.45, 7) is 2.65. The van der Waals surface area contributed by atoms with Gasteiger partial charge in [-0.3, -0.25) is 14.9 Å². The molecule has 0 atom stereocenters. The first-order chi connectivity index (χ1) is 16.1. The van der Waals surface area contributed by atoms with E-state index in [-0.39, 0.29) is 16.9 Å². The Labute approximate surface area is 197 Å². The molecule has 7 nitrogen and oxygen atoms in total. The van der Waals surface area contributed by atoms with E-state index in [1.165, 1.54) is 12.3 Å². The van der Waals surface area contributed by atoms with Gasteiger partial charge in [0.2, 0.25) is 5.91 Å². The predicted octanol–water partition coefficient (Wildman–Crippen LogP) is 3.77. The van der Waals surface area contributed by atoms with Crippen LogP contribution < -0.4 is 15.5 Å². The van der Waals surface area contributed by atoms with Crippen LogP contribution >= 0.6 is 12.2 Å². The third-order valence-electron chi connectivity index (χ3n) is 5.26. The van der Waals surface area contributed by atoms with E-state index in [1.54, 1.807) is 18.2 Å². The molecule has 4 rings (SSSR count). The van der Waals surface area contributed by atoms with Crippen LogP contribution in [-0.2, 0) is 4.79 Å². The number of thiocarbonyl (C=S) groups is 1. The van der Waals surface area contributed by atoms with Crippen LogP contribution in [0.1, 0.15) is 16.1 Å². The number of anilines is 2. The fraction of sp³-hybridized carbons (Fsp3) is 0.160. The number of piperazine rings is 1. The Morgan fingerprint density at radius 1 is 0.909 bits per heavy atom. The molecule has 0 spiro atoms. The molecule has 1 aromatic heterocycles. The number of nitrogens with zero attached hydrogens (tertiary/aromatic N) is 2. The van der Waals surface area contributed by atoms with Crippen molar-refractivity contribution in [2.75, 3.05) is 36.4 Å². The van der Waals surface area contributed by atoms with E-state index in [4.69, 9.17) is 16.6 Å². The van der Waals surface area contributed by atoms with E-state index in [0.29, 0.717) is 37.5 Å². The van der Waals surface area contributed by atoms with Gasteiger partial charge in [0.15, 0.2) is 5.11 Å². The molecule has 2 aromatic carbocycles. The van der Waals surface area contributed by atoms with Crippen LogP contribution in [-0.4, -0.2) is 48.0 Å². The SMILES string of the molecule is O=C(/C=C/c1ccco1)NC(=S)Nc1ccccc1N1CCN(C(=O)c2ccccc2)CC1. The van der Waals surface area contributed by atoms with Crippen molar-refractivity contribution in [3.63, 3.8) is 0 Å². The summed E-state index contributed by atoms with van der Waals surface area (Å²) in [4.78, 5) is 28.9. The molecule has 0 radical (unpaired) electrons. The second-order valence-electron chi connectivity index (χ2n) is 7.45. The Morgan fingerprint density at radius 3 is 2.36 bits per heavy atom. The van der Waals surface area contributed by atoms with Gasteiger partial charge in [-0.15, -0.1) is 0 Å². The van der Waals surface area contributed by atoms with E-state index in [9.17, 15) is 9.59 Å². The van der Waals surface area contributed by atoms with Crippen LogP contribution in [0.15, 0.2) is 83.5 Å². The quantitative estimate of drug-likeness (QED) is 0.446. The van der Waals surface area contributed by atoms with Crippen molar-refractivity contribution >= 4 is 46.6 Å². The number of para-hydroxylation sites is 2. The first kappa shape index (κ1) is 22.3. The normalized spacial score (nSPS) is 13.7. The topological polar surface area (TPSA) is 77.8 Å². The molecule has 0 aliphatic carbocycles. The van der Waals surface area contributed by atoms with Crippen molar-refractivity contribution in [3.05, 3.63) is 90.4 Å². The molecule has 2 N–H and O–H groups in total. The summed E-state index contributed by atoms with van der Waals surface area (Å²) in [5.74, 6) is 0.279. The van der Waals surface area contributed by atoms with Gasteiger partial charge in [0.25, 0.3) is 5.91 Å². The Hall–Kier alpha value is -3.91. The molecular formula is C25H24N4O3S. The Kier molecular flexibility index (Phi) is 7.16. The number of hydrogen-bond acceptors (Lipinski definition) is 5. The molecule has 33 heavy (non-hydrogen) atoms. The van der Waals surface area contributed by atoms with Gasteiger partial charge < -0.3 is 19.5 Å². The molecule has 1 fully saturated rings. The number of carbonyl (C=O) groups is 2. The molecule has 2 amide bonds. The van der Waals surface area contributed by atoms with Gasteiger partial charge in [0.1, 0.15) is 5.76 Å². The highest BCUT2D eigenvalue weighted by molar-refractivity contribution is 7.80.